The van der Waals surface area contributed by atoms with Gasteiger partial charge in [0.2, 0.25) is 0 Å². The van der Waals surface area contributed by atoms with Crippen LogP contribution in [0.3, 0.4) is 0 Å². The summed E-state index contributed by atoms with van der Waals surface area (Å²) < 4.78 is 11.8. The van der Waals surface area contributed by atoms with Crippen molar-refractivity contribution < 1.29 is 9.47 Å². The van der Waals surface area contributed by atoms with Crippen molar-refractivity contribution in [2.24, 2.45) is 5.92 Å². The average molecular weight is 275 g/mol. The van der Waals surface area contributed by atoms with E-state index in [-0.39, 0.29) is 6.10 Å². The normalized spacial score (nSPS) is 26.8. The van der Waals surface area contributed by atoms with Crippen molar-refractivity contribution in [2.45, 2.75) is 45.0 Å². The van der Waals surface area contributed by atoms with Gasteiger partial charge in [-0.1, -0.05) is 24.3 Å². The number of hydrogen-bond acceptors (Lipinski definition) is 3. The quantitative estimate of drug-likeness (QED) is 0.919. The summed E-state index contributed by atoms with van der Waals surface area (Å²) in [7, 11) is 0. The second kappa shape index (κ2) is 5.84. The molecule has 3 rings (SSSR count). The first-order chi connectivity index (χ1) is 9.64. The van der Waals surface area contributed by atoms with Gasteiger partial charge in [-0.25, -0.2) is 0 Å². The molecule has 1 aromatic carbocycles. The van der Waals surface area contributed by atoms with Gasteiger partial charge in [0.25, 0.3) is 0 Å². The predicted octanol–water partition coefficient (Wildman–Crippen LogP) is 3.05. The first kappa shape index (κ1) is 14.1. The first-order valence-electron chi connectivity index (χ1n) is 7.74. The molecule has 1 N–H and O–H groups in total. The van der Waals surface area contributed by atoms with E-state index in [0.29, 0.717) is 6.61 Å². The molecule has 2 fully saturated rings. The zero-order chi connectivity index (χ0) is 14.0. The van der Waals surface area contributed by atoms with E-state index < -0.39 is 5.79 Å². The smallest absolute Gasteiger partial charge is 0.163 e. The molecule has 1 unspecified atom stereocenters. The van der Waals surface area contributed by atoms with Gasteiger partial charge in [-0.05, 0) is 63.2 Å². The van der Waals surface area contributed by atoms with Crippen LogP contribution in [0.15, 0.2) is 24.3 Å². The van der Waals surface area contributed by atoms with E-state index in [4.69, 9.17) is 9.47 Å². The van der Waals surface area contributed by atoms with Crippen molar-refractivity contribution in [3.8, 4) is 0 Å². The highest BCUT2D eigenvalue weighted by Crippen LogP contribution is 2.35. The molecule has 2 saturated heterocycles. The maximum atomic E-state index is 6.03. The van der Waals surface area contributed by atoms with Gasteiger partial charge in [0.05, 0.1) is 6.61 Å². The van der Waals surface area contributed by atoms with E-state index in [2.05, 4.69) is 29.6 Å². The molecule has 110 valence electrons. The second-order valence-electron chi connectivity index (χ2n) is 6.41. The summed E-state index contributed by atoms with van der Waals surface area (Å²) in [6.07, 6.45) is 3.81. The van der Waals surface area contributed by atoms with Crippen LogP contribution in [0, 0.1) is 5.92 Å². The number of rotatable bonds is 3. The Hall–Kier alpha value is -0.900. The minimum atomic E-state index is -0.452. The van der Waals surface area contributed by atoms with Crippen LogP contribution < -0.4 is 5.32 Å². The number of nitrogens with one attached hydrogen (secondary N) is 1. The number of ether oxygens (including phenoxy) is 2. The first-order valence-corrected chi connectivity index (χ1v) is 7.74. The largest absolute Gasteiger partial charge is 0.347 e. The molecule has 0 saturated carbocycles. The highest BCUT2D eigenvalue weighted by atomic mass is 16.7. The van der Waals surface area contributed by atoms with Crippen LogP contribution in [0.1, 0.15) is 43.9 Å². The van der Waals surface area contributed by atoms with Gasteiger partial charge < -0.3 is 14.8 Å². The summed E-state index contributed by atoms with van der Waals surface area (Å²) in [5, 5.41) is 3.44. The molecular weight excluding hydrogens is 250 g/mol. The molecule has 0 bridgehead atoms. The molecule has 0 aromatic heterocycles. The lowest BCUT2D eigenvalue weighted by molar-refractivity contribution is -0.139. The maximum Gasteiger partial charge on any atom is 0.163 e. The van der Waals surface area contributed by atoms with Crippen molar-refractivity contribution in [3.05, 3.63) is 35.4 Å². The Bertz CT molecular complexity index is 452. The molecule has 0 amide bonds. The van der Waals surface area contributed by atoms with Gasteiger partial charge in [-0.15, -0.1) is 0 Å². The van der Waals surface area contributed by atoms with Crippen molar-refractivity contribution in [1.29, 1.82) is 0 Å². The van der Waals surface area contributed by atoms with Crippen molar-refractivity contribution >= 4 is 0 Å². The van der Waals surface area contributed by atoms with Crippen LogP contribution in [0.2, 0.25) is 0 Å². The van der Waals surface area contributed by atoms with Gasteiger partial charge >= 0.3 is 0 Å². The highest BCUT2D eigenvalue weighted by Gasteiger charge is 2.34. The van der Waals surface area contributed by atoms with Crippen LogP contribution in [0.5, 0.6) is 0 Å². The molecule has 0 spiro atoms. The fourth-order valence-electron chi connectivity index (χ4n) is 3.27. The monoisotopic (exact) mass is 275 g/mol. The molecule has 2 aliphatic heterocycles. The molecule has 1 atom stereocenters. The summed E-state index contributed by atoms with van der Waals surface area (Å²) in [4.78, 5) is 0. The summed E-state index contributed by atoms with van der Waals surface area (Å²) in [5.41, 5.74) is 2.75. The Morgan fingerprint density at radius 3 is 2.65 bits per heavy atom. The SMILES string of the molecule is CC1(C)OCC(c2ccccc2CC2CCNCC2)O1. The van der Waals surface area contributed by atoms with E-state index in [1.807, 2.05) is 13.8 Å². The van der Waals surface area contributed by atoms with E-state index in [1.165, 1.54) is 24.0 Å². The van der Waals surface area contributed by atoms with Gasteiger partial charge in [-0.2, -0.15) is 0 Å². The summed E-state index contributed by atoms with van der Waals surface area (Å²) in [6.45, 7) is 6.95. The van der Waals surface area contributed by atoms with E-state index in [1.54, 1.807) is 0 Å². The topological polar surface area (TPSA) is 30.5 Å². The summed E-state index contributed by atoms with van der Waals surface area (Å²) in [6, 6.07) is 8.70. The van der Waals surface area contributed by atoms with Crippen molar-refractivity contribution in [2.75, 3.05) is 19.7 Å². The lowest BCUT2D eigenvalue weighted by Crippen LogP contribution is -2.29. The predicted molar refractivity (Wildman–Crippen MR) is 79.6 cm³/mol. The standard InChI is InChI=1S/C17H25NO2/c1-17(2)19-12-16(20-17)15-6-4-3-5-14(15)11-13-7-9-18-10-8-13/h3-6,13,16,18H,7-12H2,1-2H3. The molecule has 2 aliphatic rings. The van der Waals surface area contributed by atoms with E-state index >= 15 is 0 Å². The third-order valence-corrected chi connectivity index (χ3v) is 4.38. The molecule has 2 heterocycles. The fourth-order valence-corrected chi connectivity index (χ4v) is 3.27. The Kier molecular flexibility index (Phi) is 4.11. The van der Waals surface area contributed by atoms with Crippen LogP contribution in [0.4, 0.5) is 0 Å². The van der Waals surface area contributed by atoms with Crippen molar-refractivity contribution in [1.82, 2.24) is 5.32 Å². The Labute approximate surface area is 121 Å². The fraction of sp³-hybridized carbons (Fsp3) is 0.647. The van der Waals surface area contributed by atoms with Gasteiger partial charge in [0.1, 0.15) is 6.10 Å². The zero-order valence-corrected chi connectivity index (χ0v) is 12.5. The summed E-state index contributed by atoms with van der Waals surface area (Å²) in [5.74, 6) is 0.347. The summed E-state index contributed by atoms with van der Waals surface area (Å²) >= 11 is 0. The van der Waals surface area contributed by atoms with Gasteiger partial charge in [0.15, 0.2) is 5.79 Å². The minimum Gasteiger partial charge on any atom is -0.347 e. The van der Waals surface area contributed by atoms with Crippen LogP contribution in [-0.2, 0) is 15.9 Å². The Morgan fingerprint density at radius 2 is 1.95 bits per heavy atom. The lowest BCUT2D eigenvalue weighted by atomic mass is 9.88. The molecule has 3 heteroatoms. The van der Waals surface area contributed by atoms with Crippen LogP contribution >= 0.6 is 0 Å². The molecular formula is C17H25NO2. The van der Waals surface area contributed by atoms with Crippen LogP contribution in [0.25, 0.3) is 0 Å². The lowest BCUT2D eigenvalue weighted by Gasteiger charge is -2.25. The van der Waals surface area contributed by atoms with E-state index in [9.17, 15) is 0 Å². The third kappa shape index (κ3) is 3.22. The number of hydrogen-bond donors (Lipinski definition) is 1. The van der Waals surface area contributed by atoms with E-state index in [0.717, 1.165) is 25.4 Å². The zero-order valence-electron chi connectivity index (χ0n) is 12.5. The maximum absolute atomic E-state index is 6.03. The second-order valence-corrected chi connectivity index (χ2v) is 6.41. The molecule has 1 aromatic rings. The molecule has 0 radical (unpaired) electrons. The third-order valence-electron chi connectivity index (χ3n) is 4.38. The minimum absolute atomic E-state index is 0.0860. The van der Waals surface area contributed by atoms with Gasteiger partial charge in [-0.3, -0.25) is 0 Å². The Balaban J connectivity index is 1.74. The molecule has 20 heavy (non-hydrogen) atoms. The van der Waals surface area contributed by atoms with Crippen LogP contribution in [-0.4, -0.2) is 25.5 Å². The molecule has 3 nitrogen and oxygen atoms in total. The average Bonchev–Trinajstić information content (AvgIpc) is 2.81. The van der Waals surface area contributed by atoms with Gasteiger partial charge in [0, 0.05) is 0 Å². The van der Waals surface area contributed by atoms with Crippen molar-refractivity contribution in [3.63, 3.8) is 0 Å². The highest BCUT2D eigenvalue weighted by molar-refractivity contribution is 5.30. The number of benzene rings is 1. The Morgan fingerprint density at radius 1 is 1.20 bits per heavy atom. The molecule has 0 aliphatic carbocycles. The number of piperidine rings is 1.